The van der Waals surface area contributed by atoms with E-state index >= 15 is 0 Å². The van der Waals surface area contributed by atoms with Crippen molar-refractivity contribution in [1.29, 1.82) is 0 Å². The average Bonchev–Trinajstić information content (AvgIpc) is 3.06. The van der Waals surface area contributed by atoms with E-state index in [9.17, 15) is 17.6 Å². The molecule has 116 valence electrons. The van der Waals surface area contributed by atoms with Gasteiger partial charge < -0.3 is 5.32 Å². The monoisotopic (exact) mass is 323 g/mol. The summed E-state index contributed by atoms with van der Waals surface area (Å²) in [5.74, 6) is -0.679. The third kappa shape index (κ3) is 3.16. The Bertz CT molecular complexity index is 799. The van der Waals surface area contributed by atoms with E-state index in [2.05, 4.69) is 15.5 Å². The Morgan fingerprint density at radius 3 is 2.68 bits per heavy atom. The van der Waals surface area contributed by atoms with Crippen LogP contribution in [-0.2, 0) is 9.84 Å². The number of hydrogen-bond donors (Lipinski definition) is 2. The summed E-state index contributed by atoms with van der Waals surface area (Å²) in [5, 5.41) is 9.30. The number of halogens is 1. The van der Waals surface area contributed by atoms with E-state index in [4.69, 9.17) is 0 Å². The van der Waals surface area contributed by atoms with Crippen molar-refractivity contribution < 1.29 is 17.6 Å². The van der Waals surface area contributed by atoms with Crippen LogP contribution >= 0.6 is 0 Å². The molecule has 0 saturated carbocycles. The number of nitrogens with zero attached hydrogens (tertiary/aromatic N) is 1. The first-order valence-electron chi connectivity index (χ1n) is 6.75. The van der Waals surface area contributed by atoms with Crippen LogP contribution in [0.1, 0.15) is 16.9 Å². The van der Waals surface area contributed by atoms with E-state index < -0.39 is 15.7 Å². The zero-order valence-corrected chi connectivity index (χ0v) is 12.4. The number of nitrogens with one attached hydrogen (secondary N) is 2. The van der Waals surface area contributed by atoms with Gasteiger partial charge in [0.25, 0.3) is 5.91 Å². The molecular weight excluding hydrogens is 309 g/mol. The number of hydrogen-bond acceptors (Lipinski definition) is 4. The maximum Gasteiger partial charge on any atom is 0.269 e. The third-order valence-electron chi connectivity index (χ3n) is 3.53. The molecule has 1 amide bonds. The van der Waals surface area contributed by atoms with E-state index in [1.807, 2.05) is 0 Å². The van der Waals surface area contributed by atoms with Crippen molar-refractivity contribution in [3.05, 3.63) is 41.8 Å². The molecule has 0 spiro atoms. The van der Waals surface area contributed by atoms with Crippen LogP contribution in [0, 0.1) is 5.82 Å². The predicted octanol–water partition coefficient (Wildman–Crippen LogP) is 1.13. The second-order valence-electron chi connectivity index (χ2n) is 5.25. The highest BCUT2D eigenvalue weighted by Gasteiger charge is 2.29. The Labute approximate surface area is 126 Å². The number of amides is 1. The van der Waals surface area contributed by atoms with E-state index in [-0.39, 0.29) is 29.1 Å². The molecule has 22 heavy (non-hydrogen) atoms. The van der Waals surface area contributed by atoms with E-state index in [1.165, 1.54) is 12.1 Å². The van der Waals surface area contributed by atoms with Crippen molar-refractivity contribution in [1.82, 2.24) is 15.5 Å². The van der Waals surface area contributed by atoms with E-state index in [1.54, 1.807) is 18.2 Å². The van der Waals surface area contributed by atoms with Gasteiger partial charge in [0.05, 0.1) is 17.2 Å². The minimum absolute atomic E-state index is 0.0301. The first kappa shape index (κ1) is 14.7. The van der Waals surface area contributed by atoms with Crippen molar-refractivity contribution in [3.63, 3.8) is 0 Å². The first-order valence-corrected chi connectivity index (χ1v) is 8.58. The summed E-state index contributed by atoms with van der Waals surface area (Å²) in [6.45, 7) is 0. The molecule has 2 heterocycles. The van der Waals surface area contributed by atoms with Gasteiger partial charge in [0, 0.05) is 11.6 Å². The van der Waals surface area contributed by atoms with Crippen LogP contribution in [0.3, 0.4) is 0 Å². The van der Waals surface area contributed by atoms with Crippen LogP contribution < -0.4 is 5.32 Å². The van der Waals surface area contributed by atoms with Gasteiger partial charge in [-0.2, -0.15) is 5.10 Å². The molecule has 3 rings (SSSR count). The van der Waals surface area contributed by atoms with Gasteiger partial charge in [0.1, 0.15) is 11.5 Å². The first-order chi connectivity index (χ1) is 10.4. The topological polar surface area (TPSA) is 91.9 Å². The number of carbonyl (C=O) groups is 1. The minimum Gasteiger partial charge on any atom is -0.347 e. The smallest absolute Gasteiger partial charge is 0.269 e. The van der Waals surface area contributed by atoms with Crippen molar-refractivity contribution in [3.8, 4) is 11.3 Å². The SMILES string of the molecule is O=C(N[C@@H]1CCS(=O)(=O)C1)c1cc(-c2ccc(F)cc2)n[nH]1. The summed E-state index contributed by atoms with van der Waals surface area (Å²) in [6.07, 6.45) is 0.424. The highest BCUT2D eigenvalue weighted by Crippen LogP contribution is 2.18. The molecule has 1 aromatic heterocycles. The Morgan fingerprint density at radius 1 is 1.32 bits per heavy atom. The normalized spacial score (nSPS) is 20.0. The van der Waals surface area contributed by atoms with Crippen LogP contribution in [0.4, 0.5) is 4.39 Å². The van der Waals surface area contributed by atoms with Gasteiger partial charge >= 0.3 is 0 Å². The molecule has 0 radical (unpaired) electrons. The fourth-order valence-electron chi connectivity index (χ4n) is 2.38. The van der Waals surface area contributed by atoms with E-state index in [0.717, 1.165) is 0 Å². The quantitative estimate of drug-likeness (QED) is 0.886. The fourth-order valence-corrected chi connectivity index (χ4v) is 4.05. The lowest BCUT2D eigenvalue weighted by molar-refractivity contribution is 0.0936. The Kier molecular flexibility index (Phi) is 3.69. The second-order valence-corrected chi connectivity index (χ2v) is 7.48. The Balaban J connectivity index is 1.71. The van der Waals surface area contributed by atoms with Gasteiger partial charge in [0.15, 0.2) is 9.84 Å². The molecular formula is C14H14FN3O3S. The van der Waals surface area contributed by atoms with E-state index in [0.29, 0.717) is 17.7 Å². The summed E-state index contributed by atoms with van der Waals surface area (Å²) in [7, 11) is -3.04. The van der Waals surface area contributed by atoms with Crippen LogP contribution in [0.2, 0.25) is 0 Å². The van der Waals surface area contributed by atoms with Crippen LogP contribution in [-0.4, -0.2) is 42.1 Å². The highest BCUT2D eigenvalue weighted by atomic mass is 32.2. The molecule has 1 aliphatic heterocycles. The summed E-state index contributed by atoms with van der Waals surface area (Å²) in [5.41, 5.74) is 1.44. The largest absolute Gasteiger partial charge is 0.347 e. The number of benzene rings is 1. The van der Waals surface area contributed by atoms with Gasteiger partial charge in [-0.15, -0.1) is 0 Å². The molecule has 1 saturated heterocycles. The molecule has 2 aromatic rings. The number of rotatable bonds is 3. The number of sulfone groups is 1. The zero-order valence-electron chi connectivity index (χ0n) is 11.5. The van der Waals surface area contributed by atoms with Crippen molar-refractivity contribution >= 4 is 15.7 Å². The third-order valence-corrected chi connectivity index (χ3v) is 5.30. The summed E-state index contributed by atoms with van der Waals surface area (Å²) in [4.78, 5) is 12.1. The van der Waals surface area contributed by atoms with Crippen molar-refractivity contribution in [2.24, 2.45) is 0 Å². The second kappa shape index (κ2) is 5.53. The lowest BCUT2D eigenvalue weighted by atomic mass is 10.1. The Hall–Kier alpha value is -2.22. The minimum atomic E-state index is -3.04. The summed E-state index contributed by atoms with van der Waals surface area (Å²) >= 11 is 0. The molecule has 6 nitrogen and oxygen atoms in total. The molecule has 1 atom stereocenters. The zero-order chi connectivity index (χ0) is 15.7. The molecule has 8 heteroatoms. The molecule has 0 unspecified atom stereocenters. The Morgan fingerprint density at radius 2 is 2.05 bits per heavy atom. The lowest BCUT2D eigenvalue weighted by Crippen LogP contribution is -2.35. The molecule has 2 N–H and O–H groups in total. The summed E-state index contributed by atoms with van der Waals surface area (Å²) in [6, 6.07) is 6.94. The molecule has 1 aliphatic rings. The van der Waals surface area contributed by atoms with Gasteiger partial charge in [-0.1, -0.05) is 0 Å². The predicted molar refractivity (Wildman–Crippen MR) is 78.5 cm³/mol. The maximum absolute atomic E-state index is 12.9. The standard InChI is InChI=1S/C14H14FN3O3S/c15-10-3-1-9(2-4-10)12-7-13(18-17-12)14(19)16-11-5-6-22(20,21)8-11/h1-4,7,11H,5-6,8H2,(H,16,19)(H,17,18)/t11-/m1/s1. The van der Waals surface area contributed by atoms with Crippen LogP contribution in [0.25, 0.3) is 11.3 Å². The lowest BCUT2D eigenvalue weighted by Gasteiger charge is -2.08. The molecule has 1 fully saturated rings. The molecule has 0 bridgehead atoms. The van der Waals surface area contributed by atoms with Crippen LogP contribution in [0.15, 0.2) is 30.3 Å². The molecule has 1 aromatic carbocycles. The average molecular weight is 323 g/mol. The number of H-pyrrole nitrogens is 1. The van der Waals surface area contributed by atoms with Gasteiger partial charge in [-0.25, -0.2) is 12.8 Å². The van der Waals surface area contributed by atoms with Gasteiger partial charge in [-0.05, 0) is 36.8 Å². The highest BCUT2D eigenvalue weighted by molar-refractivity contribution is 7.91. The maximum atomic E-state index is 12.9. The van der Waals surface area contributed by atoms with Crippen molar-refractivity contribution in [2.45, 2.75) is 12.5 Å². The number of carbonyl (C=O) groups excluding carboxylic acids is 1. The van der Waals surface area contributed by atoms with Gasteiger partial charge in [-0.3, -0.25) is 9.89 Å². The number of aromatic nitrogens is 2. The molecule has 0 aliphatic carbocycles. The van der Waals surface area contributed by atoms with Crippen molar-refractivity contribution in [2.75, 3.05) is 11.5 Å². The fraction of sp³-hybridized carbons (Fsp3) is 0.286. The summed E-state index contributed by atoms with van der Waals surface area (Å²) < 4.78 is 35.6. The number of aromatic amines is 1. The van der Waals surface area contributed by atoms with Crippen LogP contribution in [0.5, 0.6) is 0 Å². The van der Waals surface area contributed by atoms with Gasteiger partial charge in [0.2, 0.25) is 0 Å².